The van der Waals surface area contributed by atoms with Gasteiger partial charge < -0.3 is 28.4 Å². The first-order valence-corrected chi connectivity index (χ1v) is 16.5. The average molecular weight is 650 g/mol. The molecule has 13 heteroatoms. The molecule has 3 saturated heterocycles. The largest absolute Gasteiger partial charge is 0.496 e. The number of oxazole rings is 1. The average Bonchev–Trinajstić information content (AvgIpc) is 3.67. The molecule has 12 nitrogen and oxygen atoms in total. The van der Waals surface area contributed by atoms with Gasteiger partial charge in [0.15, 0.2) is 0 Å². The number of para-hydroxylation sites is 1. The number of ether oxygens (including phenoxy) is 3. The SMILES string of the molecule is COc1ccccc1C(Cn1c(=O)n(C2CN(C(=O)N3CC(C)(C)C3)C2)c(=O)c2c(C)c(-c3ncco3)sc21)OC1CCOCC1. The Bertz CT molecular complexity index is 1860. The molecule has 1 aromatic carbocycles. The topological polar surface area (TPSA) is 121 Å². The van der Waals surface area contributed by atoms with Crippen LogP contribution in [0, 0.1) is 12.3 Å². The summed E-state index contributed by atoms with van der Waals surface area (Å²) in [5.74, 6) is 1.04. The van der Waals surface area contributed by atoms with Crippen LogP contribution in [-0.4, -0.2) is 82.6 Å². The Hall–Kier alpha value is -3.94. The number of likely N-dealkylation sites (tertiary alicyclic amines) is 2. The molecule has 2 amide bonds. The zero-order valence-electron chi connectivity index (χ0n) is 26.6. The fourth-order valence-corrected chi connectivity index (χ4v) is 8.08. The molecular weight excluding hydrogens is 610 g/mol. The summed E-state index contributed by atoms with van der Waals surface area (Å²) < 4.78 is 26.6. The third-order valence-electron chi connectivity index (χ3n) is 9.24. The highest BCUT2D eigenvalue weighted by Gasteiger charge is 2.43. The van der Waals surface area contributed by atoms with E-state index in [9.17, 15) is 14.4 Å². The maximum atomic E-state index is 14.5. The molecule has 0 aliphatic carbocycles. The van der Waals surface area contributed by atoms with Crippen molar-refractivity contribution in [1.82, 2.24) is 23.9 Å². The lowest BCUT2D eigenvalue weighted by Crippen LogP contribution is -2.64. The summed E-state index contributed by atoms with van der Waals surface area (Å²) in [6.45, 7) is 9.46. The predicted molar refractivity (Wildman–Crippen MR) is 173 cm³/mol. The van der Waals surface area contributed by atoms with E-state index in [0.717, 1.165) is 18.4 Å². The molecule has 0 N–H and O–H groups in total. The number of methoxy groups -OCH3 is 1. The van der Waals surface area contributed by atoms with Crippen molar-refractivity contribution in [1.29, 1.82) is 0 Å². The van der Waals surface area contributed by atoms with Crippen LogP contribution in [0.1, 0.15) is 50.0 Å². The number of fused-ring (bicyclic) bond motifs is 1. The lowest BCUT2D eigenvalue weighted by molar-refractivity contribution is -0.0753. The molecular formula is C33H39N5O7S. The van der Waals surface area contributed by atoms with Gasteiger partial charge in [-0.25, -0.2) is 14.6 Å². The van der Waals surface area contributed by atoms with Gasteiger partial charge >= 0.3 is 11.7 Å². The maximum Gasteiger partial charge on any atom is 0.332 e. The highest BCUT2D eigenvalue weighted by atomic mass is 32.1. The number of rotatable bonds is 8. The summed E-state index contributed by atoms with van der Waals surface area (Å²) in [4.78, 5) is 50.9. The van der Waals surface area contributed by atoms with Crippen molar-refractivity contribution >= 4 is 27.6 Å². The summed E-state index contributed by atoms with van der Waals surface area (Å²) in [5, 5.41) is 0.442. The first-order valence-electron chi connectivity index (χ1n) is 15.7. The summed E-state index contributed by atoms with van der Waals surface area (Å²) >= 11 is 1.31. The Kier molecular flexibility index (Phi) is 8.02. The van der Waals surface area contributed by atoms with Crippen LogP contribution >= 0.6 is 11.3 Å². The van der Waals surface area contributed by atoms with E-state index in [-0.39, 0.29) is 29.7 Å². The molecule has 244 valence electrons. The third-order valence-corrected chi connectivity index (χ3v) is 10.5. The number of carbonyl (C=O) groups is 1. The van der Waals surface area contributed by atoms with Crippen LogP contribution in [0.15, 0.2) is 50.7 Å². The molecule has 3 aromatic heterocycles. The van der Waals surface area contributed by atoms with E-state index >= 15 is 0 Å². The number of urea groups is 1. The van der Waals surface area contributed by atoms with Gasteiger partial charge in [-0.2, -0.15) is 0 Å². The zero-order valence-corrected chi connectivity index (χ0v) is 27.4. The molecule has 3 aliphatic heterocycles. The van der Waals surface area contributed by atoms with Crippen LogP contribution in [0.2, 0.25) is 0 Å². The molecule has 0 bridgehead atoms. The minimum Gasteiger partial charge on any atom is -0.496 e. The molecule has 1 atom stereocenters. The van der Waals surface area contributed by atoms with Crippen molar-refractivity contribution in [2.45, 2.75) is 58.4 Å². The van der Waals surface area contributed by atoms with Gasteiger partial charge in [-0.15, -0.1) is 11.3 Å². The number of hydrogen-bond donors (Lipinski definition) is 0. The summed E-state index contributed by atoms with van der Waals surface area (Å²) in [5.41, 5.74) is 0.814. The third kappa shape index (κ3) is 5.43. The Morgan fingerprint density at radius 1 is 1.13 bits per heavy atom. The summed E-state index contributed by atoms with van der Waals surface area (Å²) in [7, 11) is 1.62. The Morgan fingerprint density at radius 2 is 1.87 bits per heavy atom. The van der Waals surface area contributed by atoms with Gasteiger partial charge in [0.1, 0.15) is 22.9 Å². The first-order chi connectivity index (χ1) is 22.1. The second-order valence-corrected chi connectivity index (χ2v) is 14.2. The van der Waals surface area contributed by atoms with E-state index < -0.39 is 17.8 Å². The normalized spacial score (nSPS) is 19.2. The van der Waals surface area contributed by atoms with Crippen LogP contribution in [0.3, 0.4) is 0 Å². The minimum absolute atomic E-state index is 0.0518. The lowest BCUT2D eigenvalue weighted by Gasteiger charge is -2.50. The molecule has 4 aromatic rings. The summed E-state index contributed by atoms with van der Waals surface area (Å²) in [6.07, 6.45) is 3.91. The van der Waals surface area contributed by atoms with E-state index in [0.29, 0.717) is 71.7 Å². The Morgan fingerprint density at radius 3 is 2.54 bits per heavy atom. The monoisotopic (exact) mass is 649 g/mol. The number of carbonyl (C=O) groups excluding carboxylic acids is 1. The fourth-order valence-electron chi connectivity index (χ4n) is 6.84. The van der Waals surface area contributed by atoms with E-state index in [1.165, 1.54) is 22.2 Å². The zero-order chi connectivity index (χ0) is 32.2. The van der Waals surface area contributed by atoms with Crippen LogP contribution in [0.4, 0.5) is 4.79 Å². The van der Waals surface area contributed by atoms with Crippen LogP contribution < -0.4 is 16.0 Å². The van der Waals surface area contributed by atoms with Gasteiger partial charge in [0.05, 0.1) is 42.3 Å². The van der Waals surface area contributed by atoms with E-state index in [2.05, 4.69) is 18.8 Å². The van der Waals surface area contributed by atoms with Gasteiger partial charge in [0, 0.05) is 50.4 Å². The first kappa shape index (κ1) is 30.7. The van der Waals surface area contributed by atoms with Gasteiger partial charge in [0.25, 0.3) is 5.56 Å². The molecule has 0 radical (unpaired) electrons. The molecule has 0 spiro atoms. The number of aryl methyl sites for hydroxylation is 1. The van der Waals surface area contributed by atoms with E-state index in [1.54, 1.807) is 22.8 Å². The van der Waals surface area contributed by atoms with Crippen LogP contribution in [0.5, 0.6) is 5.75 Å². The van der Waals surface area contributed by atoms with Gasteiger partial charge in [-0.3, -0.25) is 13.9 Å². The van der Waals surface area contributed by atoms with Crippen molar-refractivity contribution in [3.05, 3.63) is 68.7 Å². The molecule has 1 unspecified atom stereocenters. The molecule has 3 aliphatic rings. The minimum atomic E-state index is -0.548. The van der Waals surface area contributed by atoms with Gasteiger partial charge in [-0.1, -0.05) is 32.0 Å². The molecule has 7 rings (SSSR count). The van der Waals surface area contributed by atoms with Gasteiger partial charge in [-0.05, 0) is 31.4 Å². The van der Waals surface area contributed by atoms with Crippen molar-refractivity contribution in [3.8, 4) is 16.5 Å². The number of nitrogens with zero attached hydrogens (tertiary/aromatic N) is 5. The number of thiophene rings is 1. The highest BCUT2D eigenvalue weighted by molar-refractivity contribution is 7.22. The Labute approximate surface area is 270 Å². The standard InChI is InChI=1S/C33H39N5O7S/c1-20-26-29(39)38(21-15-35(16-21)31(40)36-18-33(2,3)19-36)32(41)37(30(26)46-27(20)28-34-11-14-44-28)17-25(45-22-9-12-43-13-10-22)23-7-5-6-8-24(23)42-4/h5-8,11,14,21-22,25H,9-10,12-13,15-19H2,1-4H3. The highest BCUT2D eigenvalue weighted by Crippen LogP contribution is 2.38. The fraction of sp³-hybridized carbons (Fsp3) is 0.515. The second-order valence-electron chi connectivity index (χ2n) is 13.2. The van der Waals surface area contributed by atoms with Crippen LogP contribution in [0.25, 0.3) is 21.0 Å². The van der Waals surface area contributed by atoms with E-state index in [1.807, 2.05) is 36.1 Å². The van der Waals surface area contributed by atoms with Crippen molar-refractivity contribution < 1.29 is 23.4 Å². The predicted octanol–water partition coefficient (Wildman–Crippen LogP) is 4.45. The number of aromatic nitrogens is 3. The number of benzene rings is 1. The molecule has 0 saturated carbocycles. The van der Waals surface area contributed by atoms with Crippen molar-refractivity contribution in [2.75, 3.05) is 46.5 Å². The maximum absolute atomic E-state index is 14.5. The Balaban J connectivity index is 1.31. The number of hydrogen-bond acceptors (Lipinski definition) is 9. The molecule has 6 heterocycles. The smallest absolute Gasteiger partial charge is 0.332 e. The second kappa shape index (κ2) is 12.0. The van der Waals surface area contributed by atoms with Crippen molar-refractivity contribution in [2.24, 2.45) is 5.41 Å². The lowest BCUT2D eigenvalue weighted by atomic mass is 9.84. The summed E-state index contributed by atoms with van der Waals surface area (Å²) in [6, 6.07) is 7.15. The van der Waals surface area contributed by atoms with Crippen molar-refractivity contribution in [3.63, 3.8) is 0 Å². The quantitative estimate of drug-likeness (QED) is 0.275. The number of amides is 2. The molecule has 3 fully saturated rings. The van der Waals surface area contributed by atoms with Crippen LogP contribution in [-0.2, 0) is 16.0 Å². The molecule has 46 heavy (non-hydrogen) atoms. The van der Waals surface area contributed by atoms with E-state index in [4.69, 9.17) is 18.6 Å². The van der Waals surface area contributed by atoms with Gasteiger partial charge in [0.2, 0.25) is 5.89 Å².